The van der Waals surface area contributed by atoms with Gasteiger partial charge in [0.25, 0.3) is 0 Å². The number of nitrogens with one attached hydrogen (secondary N) is 2. The zero-order valence-electron chi connectivity index (χ0n) is 18.6. The maximum absolute atomic E-state index is 13.2. The minimum atomic E-state index is -4.51. The molecule has 0 heterocycles. The van der Waals surface area contributed by atoms with E-state index < -0.39 is 23.2 Å². The first-order valence-corrected chi connectivity index (χ1v) is 10.1. The first kappa shape index (κ1) is 25.7. The van der Waals surface area contributed by atoms with Gasteiger partial charge in [0.15, 0.2) is 0 Å². The van der Waals surface area contributed by atoms with Crippen LogP contribution in [0.2, 0.25) is 0 Å². The minimum Gasteiger partial charge on any atom is -0.370 e. The van der Waals surface area contributed by atoms with Gasteiger partial charge in [0.05, 0.1) is 30.0 Å². The molecule has 0 unspecified atom stereocenters. The summed E-state index contributed by atoms with van der Waals surface area (Å²) in [7, 11) is 0. The van der Waals surface area contributed by atoms with Gasteiger partial charge in [-0.15, -0.1) is 0 Å². The average molecular weight is 431 g/mol. The fraction of sp³-hybridized carbons (Fsp3) is 0.619. The Morgan fingerprint density at radius 3 is 1.97 bits per heavy atom. The highest BCUT2D eigenvalue weighted by atomic mass is 19.4. The van der Waals surface area contributed by atoms with E-state index in [9.17, 15) is 22.8 Å². The van der Waals surface area contributed by atoms with Crippen molar-refractivity contribution >= 4 is 23.2 Å². The van der Waals surface area contributed by atoms with Crippen molar-refractivity contribution in [3.8, 4) is 0 Å². The van der Waals surface area contributed by atoms with Gasteiger partial charge in [-0.3, -0.25) is 14.5 Å². The quantitative estimate of drug-likeness (QED) is 0.627. The Kier molecular flexibility index (Phi) is 9.14. The zero-order valence-corrected chi connectivity index (χ0v) is 18.6. The van der Waals surface area contributed by atoms with Gasteiger partial charge in [-0.25, -0.2) is 0 Å². The summed E-state index contributed by atoms with van der Waals surface area (Å²) in [5.74, 6) is -0.701. The van der Waals surface area contributed by atoms with Crippen LogP contribution < -0.4 is 15.5 Å². The summed E-state index contributed by atoms with van der Waals surface area (Å²) in [5.41, 5.74) is -0.593. The van der Waals surface area contributed by atoms with Crippen molar-refractivity contribution in [3.05, 3.63) is 23.8 Å². The Morgan fingerprint density at radius 2 is 1.50 bits per heavy atom. The number of benzene rings is 1. The van der Waals surface area contributed by atoms with Gasteiger partial charge in [-0.2, -0.15) is 13.2 Å². The number of hydrogen-bond donors (Lipinski definition) is 2. The fourth-order valence-corrected chi connectivity index (χ4v) is 2.99. The number of hydrogen-bond acceptors (Lipinski definition) is 4. The van der Waals surface area contributed by atoms with Crippen molar-refractivity contribution in [2.45, 2.75) is 53.3 Å². The molecular weight excluding hydrogens is 397 g/mol. The molecule has 2 N–H and O–H groups in total. The number of halogens is 3. The van der Waals surface area contributed by atoms with Crippen molar-refractivity contribution in [2.75, 3.05) is 42.9 Å². The van der Waals surface area contributed by atoms with Crippen molar-refractivity contribution in [3.63, 3.8) is 0 Å². The molecule has 0 bridgehead atoms. The molecule has 0 aliphatic rings. The number of anilines is 2. The number of nitrogens with zero attached hydrogens (tertiary/aromatic N) is 2. The Bertz CT molecular complexity index is 726. The highest BCUT2D eigenvalue weighted by molar-refractivity contribution is 5.96. The molecule has 0 aromatic heterocycles. The largest absolute Gasteiger partial charge is 0.416 e. The molecule has 0 saturated heterocycles. The van der Waals surface area contributed by atoms with E-state index in [0.29, 0.717) is 25.3 Å². The van der Waals surface area contributed by atoms with E-state index in [2.05, 4.69) is 10.6 Å². The number of carbonyl (C=O) groups excluding carboxylic acids is 2. The van der Waals surface area contributed by atoms with Crippen molar-refractivity contribution < 1.29 is 22.8 Å². The molecule has 1 aromatic carbocycles. The van der Waals surface area contributed by atoms with Crippen molar-refractivity contribution in [1.29, 1.82) is 0 Å². The Hall–Kier alpha value is -2.29. The van der Waals surface area contributed by atoms with Gasteiger partial charge < -0.3 is 15.5 Å². The Morgan fingerprint density at radius 1 is 0.933 bits per heavy atom. The lowest BCUT2D eigenvalue weighted by Gasteiger charge is -2.26. The highest BCUT2D eigenvalue weighted by Gasteiger charge is 2.31. The molecular formula is C21H33F3N4O2. The third-order valence-corrected chi connectivity index (χ3v) is 4.40. The second-order valence-electron chi connectivity index (χ2n) is 8.05. The molecule has 170 valence electrons. The molecule has 0 aliphatic heterocycles. The number of alkyl halides is 3. The number of likely N-dealkylation sites (N-methyl/N-ethyl adjacent to an activating group) is 1. The molecule has 0 atom stereocenters. The van der Waals surface area contributed by atoms with Crippen LogP contribution >= 0.6 is 0 Å². The molecule has 6 nitrogen and oxygen atoms in total. The van der Waals surface area contributed by atoms with Gasteiger partial charge in [-0.1, -0.05) is 6.92 Å². The van der Waals surface area contributed by atoms with Gasteiger partial charge in [-0.05, 0) is 59.4 Å². The Balaban J connectivity index is 3.00. The standard InChI is InChI=1S/C21H33F3N4O2/c1-7-27(14-19(30)26-20(4,5)6)13-18(29)25-16-12-15(21(22,23)24)10-11-17(16)28(8-2)9-3/h10-12H,7-9,13-14H2,1-6H3,(H,25,29)(H,26,30). The third kappa shape index (κ3) is 8.22. The van der Waals surface area contributed by atoms with Crippen molar-refractivity contribution in [1.82, 2.24) is 10.2 Å². The fourth-order valence-electron chi connectivity index (χ4n) is 2.99. The van der Waals surface area contributed by atoms with Crippen LogP contribution in [0.5, 0.6) is 0 Å². The van der Waals surface area contributed by atoms with Crippen LogP contribution in [0.4, 0.5) is 24.5 Å². The van der Waals surface area contributed by atoms with Gasteiger partial charge >= 0.3 is 6.18 Å². The summed E-state index contributed by atoms with van der Waals surface area (Å²) in [4.78, 5) is 28.2. The summed E-state index contributed by atoms with van der Waals surface area (Å²) in [6, 6.07) is 3.34. The summed E-state index contributed by atoms with van der Waals surface area (Å²) < 4.78 is 39.5. The normalized spacial score (nSPS) is 12.1. The van der Waals surface area contributed by atoms with Gasteiger partial charge in [0.2, 0.25) is 11.8 Å². The molecule has 9 heteroatoms. The first-order chi connectivity index (χ1) is 13.8. The van der Waals surface area contributed by atoms with Crippen LogP contribution in [0, 0.1) is 0 Å². The molecule has 2 amide bonds. The molecule has 0 saturated carbocycles. The highest BCUT2D eigenvalue weighted by Crippen LogP contribution is 2.35. The van der Waals surface area contributed by atoms with E-state index in [1.807, 2.05) is 46.4 Å². The number of amides is 2. The monoisotopic (exact) mass is 430 g/mol. The minimum absolute atomic E-state index is 0.0205. The maximum atomic E-state index is 13.2. The zero-order chi connectivity index (χ0) is 23.1. The molecule has 1 rings (SSSR count). The number of carbonyl (C=O) groups is 2. The second-order valence-corrected chi connectivity index (χ2v) is 8.05. The van der Waals surface area contributed by atoms with E-state index in [1.165, 1.54) is 6.07 Å². The van der Waals surface area contributed by atoms with Gasteiger partial charge in [0.1, 0.15) is 0 Å². The smallest absolute Gasteiger partial charge is 0.370 e. The van der Waals surface area contributed by atoms with Crippen LogP contribution in [0.1, 0.15) is 47.1 Å². The van der Waals surface area contributed by atoms with E-state index in [1.54, 1.807) is 4.90 Å². The molecule has 1 aromatic rings. The predicted molar refractivity (Wildman–Crippen MR) is 114 cm³/mol. The van der Waals surface area contributed by atoms with Crippen molar-refractivity contribution in [2.24, 2.45) is 0 Å². The van der Waals surface area contributed by atoms with Crippen LogP contribution in [0.3, 0.4) is 0 Å². The summed E-state index contributed by atoms with van der Waals surface area (Å²) in [5, 5.41) is 5.43. The molecule has 0 spiro atoms. The summed E-state index contributed by atoms with van der Waals surface area (Å²) in [6.07, 6.45) is -4.51. The predicted octanol–water partition coefficient (Wildman–Crippen LogP) is 3.73. The average Bonchev–Trinajstić information content (AvgIpc) is 2.60. The van der Waals surface area contributed by atoms with E-state index in [-0.39, 0.29) is 24.7 Å². The second kappa shape index (κ2) is 10.7. The molecule has 0 fully saturated rings. The molecule has 0 aliphatic carbocycles. The van der Waals surface area contributed by atoms with Crippen LogP contribution in [0.15, 0.2) is 18.2 Å². The van der Waals surface area contributed by atoms with Gasteiger partial charge in [0, 0.05) is 18.6 Å². The molecule has 0 radical (unpaired) electrons. The van der Waals surface area contributed by atoms with Crippen LogP contribution in [-0.2, 0) is 15.8 Å². The number of rotatable bonds is 9. The Labute approximate surface area is 176 Å². The van der Waals surface area contributed by atoms with E-state index >= 15 is 0 Å². The van der Waals surface area contributed by atoms with E-state index in [4.69, 9.17) is 0 Å². The summed E-state index contributed by atoms with van der Waals surface area (Å²) >= 11 is 0. The lowest BCUT2D eigenvalue weighted by molar-refractivity contribution is -0.137. The third-order valence-electron chi connectivity index (χ3n) is 4.40. The SMILES string of the molecule is CCN(CC(=O)Nc1cc(C(F)(F)F)ccc1N(CC)CC)CC(=O)NC(C)(C)C. The topological polar surface area (TPSA) is 64.7 Å². The molecule has 30 heavy (non-hydrogen) atoms. The lowest BCUT2D eigenvalue weighted by Crippen LogP contribution is -2.47. The lowest BCUT2D eigenvalue weighted by atomic mass is 10.1. The maximum Gasteiger partial charge on any atom is 0.416 e. The van der Waals surface area contributed by atoms with Crippen LogP contribution in [0.25, 0.3) is 0 Å². The van der Waals surface area contributed by atoms with E-state index in [0.717, 1.165) is 12.1 Å². The summed E-state index contributed by atoms with van der Waals surface area (Å²) in [6.45, 7) is 12.7. The van der Waals surface area contributed by atoms with Crippen LogP contribution in [-0.4, -0.2) is 55.0 Å². The first-order valence-electron chi connectivity index (χ1n) is 10.1.